The molecule has 1 aromatic carbocycles. The van der Waals surface area contributed by atoms with Gasteiger partial charge in [-0.1, -0.05) is 12.1 Å². The van der Waals surface area contributed by atoms with Crippen molar-refractivity contribution in [1.82, 2.24) is 0 Å². The minimum Gasteiger partial charge on any atom is -0.406 e. The van der Waals surface area contributed by atoms with Gasteiger partial charge in [-0.25, -0.2) is 0 Å². The first-order valence-corrected chi connectivity index (χ1v) is 6.44. The van der Waals surface area contributed by atoms with Crippen LogP contribution in [-0.4, -0.2) is 24.7 Å². The summed E-state index contributed by atoms with van der Waals surface area (Å²) in [4.78, 5) is 0. The van der Waals surface area contributed by atoms with E-state index in [9.17, 15) is 18.3 Å². The third-order valence-corrected chi connectivity index (χ3v) is 3.70. The number of benzene rings is 1. The van der Waals surface area contributed by atoms with E-state index in [2.05, 4.69) is 4.74 Å². The second-order valence-corrected chi connectivity index (χ2v) is 5.04. The Morgan fingerprint density at radius 1 is 1.25 bits per heavy atom. The molecule has 6 heteroatoms. The van der Waals surface area contributed by atoms with Gasteiger partial charge in [-0.15, -0.1) is 13.2 Å². The van der Waals surface area contributed by atoms with Crippen LogP contribution in [-0.2, 0) is 10.3 Å². The molecule has 1 aromatic rings. The largest absolute Gasteiger partial charge is 0.573 e. The smallest absolute Gasteiger partial charge is 0.406 e. The number of rotatable bonds is 3. The predicted molar refractivity (Wildman–Crippen MR) is 66.3 cm³/mol. The molecule has 1 fully saturated rings. The Morgan fingerprint density at radius 3 is 2.45 bits per heavy atom. The van der Waals surface area contributed by atoms with Crippen molar-refractivity contribution < 1.29 is 27.8 Å². The van der Waals surface area contributed by atoms with E-state index in [1.807, 2.05) is 0 Å². The first-order chi connectivity index (χ1) is 9.32. The normalized spacial score (nSPS) is 27.4. The number of aliphatic hydroxyl groups is 1. The van der Waals surface area contributed by atoms with Gasteiger partial charge in [0.2, 0.25) is 0 Å². The van der Waals surface area contributed by atoms with Crippen LogP contribution in [0.25, 0.3) is 0 Å². The topological polar surface area (TPSA) is 38.7 Å². The van der Waals surface area contributed by atoms with Crippen LogP contribution >= 0.6 is 0 Å². The molecule has 1 saturated carbocycles. The van der Waals surface area contributed by atoms with Crippen molar-refractivity contribution >= 4 is 0 Å². The highest BCUT2D eigenvalue weighted by Crippen LogP contribution is 2.39. The zero-order valence-electron chi connectivity index (χ0n) is 11.1. The zero-order valence-corrected chi connectivity index (χ0v) is 11.1. The van der Waals surface area contributed by atoms with Crippen molar-refractivity contribution in [2.24, 2.45) is 0 Å². The van der Waals surface area contributed by atoms with E-state index in [1.54, 1.807) is 13.2 Å². The summed E-state index contributed by atoms with van der Waals surface area (Å²) in [5.41, 5.74) is -0.659. The Kier molecular flexibility index (Phi) is 4.25. The molecule has 0 spiro atoms. The number of halogens is 3. The van der Waals surface area contributed by atoms with E-state index in [-0.39, 0.29) is 11.9 Å². The van der Waals surface area contributed by atoms with E-state index in [0.29, 0.717) is 31.2 Å². The van der Waals surface area contributed by atoms with E-state index in [1.165, 1.54) is 18.2 Å². The number of hydrogen-bond acceptors (Lipinski definition) is 3. The Labute approximate surface area is 115 Å². The molecule has 0 aliphatic heterocycles. The van der Waals surface area contributed by atoms with Gasteiger partial charge in [0.15, 0.2) is 0 Å². The summed E-state index contributed by atoms with van der Waals surface area (Å²) in [6, 6.07) is 5.55. The summed E-state index contributed by atoms with van der Waals surface area (Å²) in [5.74, 6) is -0.308. The number of hydrogen-bond donors (Lipinski definition) is 1. The van der Waals surface area contributed by atoms with Crippen molar-refractivity contribution in [2.75, 3.05) is 7.11 Å². The fourth-order valence-corrected chi connectivity index (χ4v) is 2.58. The summed E-state index contributed by atoms with van der Waals surface area (Å²) >= 11 is 0. The van der Waals surface area contributed by atoms with E-state index >= 15 is 0 Å². The van der Waals surface area contributed by atoms with Crippen molar-refractivity contribution in [1.29, 1.82) is 0 Å². The van der Waals surface area contributed by atoms with Gasteiger partial charge in [-0.3, -0.25) is 0 Å². The first kappa shape index (κ1) is 15.1. The lowest BCUT2D eigenvalue weighted by Gasteiger charge is -2.36. The maximum absolute atomic E-state index is 12.2. The maximum atomic E-state index is 12.2. The summed E-state index contributed by atoms with van der Waals surface area (Å²) in [6.07, 6.45) is -2.35. The van der Waals surface area contributed by atoms with Gasteiger partial charge in [0, 0.05) is 7.11 Å². The molecule has 0 radical (unpaired) electrons. The molecule has 20 heavy (non-hydrogen) atoms. The molecule has 0 amide bonds. The summed E-state index contributed by atoms with van der Waals surface area (Å²) in [6.45, 7) is 0. The molecule has 1 aliphatic carbocycles. The summed E-state index contributed by atoms with van der Waals surface area (Å²) < 4.78 is 45.7. The minimum atomic E-state index is -4.73. The Bertz CT molecular complexity index is 451. The Balaban J connectivity index is 2.14. The standard InChI is InChI=1S/C14H17F3O3/c1-19-11-5-7-13(18,8-6-11)10-3-2-4-12(9-10)20-14(15,16)17/h2-4,9,11,18H,5-8H2,1H3. The molecule has 1 N–H and O–H groups in total. The number of methoxy groups -OCH3 is 1. The average molecular weight is 290 g/mol. The summed E-state index contributed by atoms with van der Waals surface area (Å²) in [7, 11) is 1.62. The van der Waals surface area contributed by atoms with Crippen LogP contribution in [0.1, 0.15) is 31.2 Å². The first-order valence-electron chi connectivity index (χ1n) is 6.44. The van der Waals surface area contributed by atoms with Gasteiger partial charge in [0.05, 0.1) is 11.7 Å². The van der Waals surface area contributed by atoms with Gasteiger partial charge in [0.1, 0.15) is 5.75 Å². The van der Waals surface area contributed by atoms with E-state index in [0.717, 1.165) is 0 Å². The SMILES string of the molecule is COC1CCC(O)(c2cccc(OC(F)(F)F)c2)CC1. The second-order valence-electron chi connectivity index (χ2n) is 5.04. The van der Waals surface area contributed by atoms with Crippen molar-refractivity contribution in [3.05, 3.63) is 29.8 Å². The molecular formula is C14H17F3O3. The lowest BCUT2D eigenvalue weighted by molar-refractivity contribution is -0.274. The Morgan fingerprint density at radius 2 is 1.90 bits per heavy atom. The second kappa shape index (κ2) is 5.61. The van der Waals surface area contributed by atoms with Gasteiger partial charge < -0.3 is 14.6 Å². The van der Waals surface area contributed by atoms with Gasteiger partial charge in [-0.05, 0) is 43.4 Å². The average Bonchev–Trinajstić information content (AvgIpc) is 2.38. The zero-order chi connectivity index (χ0) is 14.8. The molecule has 0 unspecified atom stereocenters. The van der Waals surface area contributed by atoms with Crippen LogP contribution in [0.4, 0.5) is 13.2 Å². The Hall–Kier alpha value is -1.27. The van der Waals surface area contributed by atoms with Gasteiger partial charge in [0.25, 0.3) is 0 Å². The molecule has 0 heterocycles. The van der Waals surface area contributed by atoms with Crippen LogP contribution in [0.5, 0.6) is 5.75 Å². The summed E-state index contributed by atoms with van der Waals surface area (Å²) in [5, 5.41) is 10.6. The highest BCUT2D eigenvalue weighted by Gasteiger charge is 2.36. The van der Waals surface area contributed by atoms with Crippen molar-refractivity contribution in [3.63, 3.8) is 0 Å². The molecular weight excluding hydrogens is 273 g/mol. The van der Waals surface area contributed by atoms with Gasteiger partial charge in [-0.2, -0.15) is 0 Å². The maximum Gasteiger partial charge on any atom is 0.573 e. The third-order valence-electron chi connectivity index (χ3n) is 3.70. The molecule has 0 atom stereocenters. The van der Waals surface area contributed by atoms with Crippen LogP contribution in [0, 0.1) is 0 Å². The molecule has 2 rings (SSSR count). The van der Waals surface area contributed by atoms with Crippen molar-refractivity contribution in [2.45, 2.75) is 43.8 Å². The lowest BCUT2D eigenvalue weighted by atomic mass is 9.78. The van der Waals surface area contributed by atoms with E-state index < -0.39 is 12.0 Å². The molecule has 1 aliphatic rings. The van der Waals surface area contributed by atoms with Gasteiger partial charge >= 0.3 is 6.36 Å². The fraction of sp³-hybridized carbons (Fsp3) is 0.571. The minimum absolute atomic E-state index is 0.102. The molecule has 0 saturated heterocycles. The molecule has 112 valence electrons. The molecule has 0 bridgehead atoms. The molecule has 0 aromatic heterocycles. The highest BCUT2D eigenvalue weighted by molar-refractivity contribution is 5.32. The van der Waals surface area contributed by atoms with Crippen LogP contribution < -0.4 is 4.74 Å². The predicted octanol–water partition coefficient (Wildman–Crippen LogP) is 3.36. The fourth-order valence-electron chi connectivity index (χ4n) is 2.58. The number of alkyl halides is 3. The third kappa shape index (κ3) is 3.64. The highest BCUT2D eigenvalue weighted by atomic mass is 19.4. The van der Waals surface area contributed by atoms with Crippen molar-refractivity contribution in [3.8, 4) is 5.75 Å². The van der Waals surface area contributed by atoms with Crippen LogP contribution in [0.15, 0.2) is 24.3 Å². The molecule has 3 nitrogen and oxygen atoms in total. The number of ether oxygens (including phenoxy) is 2. The van der Waals surface area contributed by atoms with Crippen LogP contribution in [0.2, 0.25) is 0 Å². The quantitative estimate of drug-likeness (QED) is 0.927. The monoisotopic (exact) mass is 290 g/mol. The van der Waals surface area contributed by atoms with E-state index in [4.69, 9.17) is 4.74 Å². The van der Waals surface area contributed by atoms with Crippen LogP contribution in [0.3, 0.4) is 0 Å². The lowest BCUT2D eigenvalue weighted by Crippen LogP contribution is -2.34.